The molecule has 0 spiro atoms. The van der Waals surface area contributed by atoms with E-state index in [1.165, 1.54) is 70.6 Å². The van der Waals surface area contributed by atoms with Crippen molar-refractivity contribution in [1.82, 2.24) is 0 Å². The smallest absolute Gasteiger partial charge is 0.0654 e. The van der Waals surface area contributed by atoms with Crippen LogP contribution in [0.25, 0.3) is 11.1 Å². The van der Waals surface area contributed by atoms with Crippen LogP contribution < -0.4 is 10.4 Å². The van der Waals surface area contributed by atoms with Gasteiger partial charge in [-0.15, -0.1) is 0 Å². The summed E-state index contributed by atoms with van der Waals surface area (Å²) in [6.45, 7) is 4.64. The molecule has 0 aliphatic carbocycles. The van der Waals surface area contributed by atoms with Gasteiger partial charge in [-0.1, -0.05) is 77.3 Å². The van der Waals surface area contributed by atoms with Crippen molar-refractivity contribution in [2.75, 3.05) is 0 Å². The molecule has 0 aromatic heterocycles. The van der Waals surface area contributed by atoms with E-state index in [-0.39, 0.29) is 0 Å². The van der Waals surface area contributed by atoms with Crippen molar-refractivity contribution < 1.29 is 0 Å². The molecule has 3 heteroatoms. The van der Waals surface area contributed by atoms with Crippen LogP contribution in [0.3, 0.4) is 0 Å². The monoisotopic (exact) mass is 602 g/mol. The third-order valence-electron chi connectivity index (χ3n) is 6.20. The summed E-state index contributed by atoms with van der Waals surface area (Å²) in [4.78, 5) is 0. The molecule has 0 atom stereocenters. The third kappa shape index (κ3) is 4.82. The minimum absolute atomic E-state index is 1.33. The van der Waals surface area contributed by atoms with Gasteiger partial charge in [0.15, 0.2) is 0 Å². The highest BCUT2D eigenvalue weighted by molar-refractivity contribution is 14.1. The summed E-state index contributed by atoms with van der Waals surface area (Å²) < 4.78 is 2.82. The number of hydrogen-bond donors (Lipinski definition) is 0. The second-order valence-corrected chi connectivity index (χ2v) is 14.8. The predicted molar refractivity (Wildman–Crippen MR) is 140 cm³/mol. The molecule has 2 aromatic rings. The molecule has 1 aliphatic rings. The van der Waals surface area contributed by atoms with Crippen molar-refractivity contribution in [2.24, 2.45) is 0 Å². The molecule has 146 valence electrons. The number of hydrogen-bond acceptors (Lipinski definition) is 0. The van der Waals surface area contributed by atoms with E-state index in [1.54, 1.807) is 21.5 Å². The summed E-state index contributed by atoms with van der Waals surface area (Å²) in [5.41, 5.74) is 3.11. The zero-order chi connectivity index (χ0) is 19.3. The summed E-state index contributed by atoms with van der Waals surface area (Å²) in [5.74, 6) is 0. The van der Waals surface area contributed by atoms with Crippen LogP contribution in [0.1, 0.15) is 65.2 Å². The van der Waals surface area contributed by atoms with Gasteiger partial charge in [-0.3, -0.25) is 0 Å². The van der Waals surface area contributed by atoms with Crippen molar-refractivity contribution >= 4 is 63.6 Å². The van der Waals surface area contributed by atoms with Crippen LogP contribution in [0, 0.1) is 7.14 Å². The van der Waals surface area contributed by atoms with Crippen LogP contribution in [0.5, 0.6) is 0 Å². The molecule has 0 fully saturated rings. The highest BCUT2D eigenvalue weighted by atomic mass is 127. The fourth-order valence-electron chi connectivity index (χ4n) is 4.81. The molecule has 2 aromatic carbocycles. The van der Waals surface area contributed by atoms with Gasteiger partial charge in [0.25, 0.3) is 0 Å². The van der Waals surface area contributed by atoms with E-state index in [1.807, 2.05) is 0 Å². The van der Waals surface area contributed by atoms with E-state index in [0.29, 0.717) is 0 Å². The Morgan fingerprint density at radius 2 is 1.07 bits per heavy atom. The van der Waals surface area contributed by atoms with Crippen molar-refractivity contribution in [3.8, 4) is 11.1 Å². The number of halogens is 2. The molecule has 1 aliphatic heterocycles. The molecule has 0 saturated carbocycles. The van der Waals surface area contributed by atoms with E-state index < -0.39 is 8.07 Å². The molecule has 0 amide bonds. The van der Waals surface area contributed by atoms with Crippen molar-refractivity contribution in [3.63, 3.8) is 0 Å². The van der Waals surface area contributed by atoms with Crippen LogP contribution in [0.4, 0.5) is 0 Å². The Morgan fingerprint density at radius 3 is 1.48 bits per heavy atom. The maximum atomic E-state index is 2.55. The van der Waals surface area contributed by atoms with Crippen molar-refractivity contribution in [1.29, 1.82) is 0 Å². The van der Waals surface area contributed by atoms with E-state index in [4.69, 9.17) is 0 Å². The van der Waals surface area contributed by atoms with Crippen molar-refractivity contribution in [2.45, 2.75) is 77.3 Å². The largest absolute Gasteiger partial charge is 0.119 e. The van der Waals surface area contributed by atoms with Crippen LogP contribution in [-0.4, -0.2) is 8.07 Å². The average Bonchev–Trinajstić information content (AvgIpc) is 2.92. The number of fused-ring (bicyclic) bond motifs is 3. The van der Waals surface area contributed by atoms with Gasteiger partial charge in [-0.05, 0) is 103 Å². The van der Waals surface area contributed by atoms with E-state index >= 15 is 0 Å². The first-order valence-corrected chi connectivity index (χ1v) is 15.3. The highest BCUT2D eigenvalue weighted by Gasteiger charge is 2.44. The van der Waals surface area contributed by atoms with E-state index in [2.05, 4.69) is 95.4 Å². The second kappa shape index (κ2) is 10.2. The molecule has 0 unspecified atom stereocenters. The Labute approximate surface area is 194 Å². The summed E-state index contributed by atoms with van der Waals surface area (Å²) in [5, 5.41) is 3.50. The number of rotatable bonds is 10. The first kappa shape index (κ1) is 21.8. The van der Waals surface area contributed by atoms with Gasteiger partial charge in [0.05, 0.1) is 0 Å². The molecular formula is C24H32I2Si. The standard InChI is InChI=1S/C24H32I2Si/c1-3-5-7-9-15-27(16-10-8-6-4-2)23-17-19(25)11-13-21(23)22-14-12-20(26)18-24(22)27/h11-14,17-18H,3-10,15-16H2,1-2H3. The number of unbranched alkanes of at least 4 members (excludes halogenated alkanes) is 6. The van der Waals surface area contributed by atoms with E-state index in [9.17, 15) is 0 Å². The normalized spacial score (nSPS) is 14.2. The Kier molecular flexibility index (Phi) is 8.27. The molecule has 3 rings (SSSR count). The molecular weight excluding hydrogens is 570 g/mol. The molecule has 0 nitrogen and oxygen atoms in total. The van der Waals surface area contributed by atoms with Gasteiger partial charge < -0.3 is 0 Å². The molecule has 0 bridgehead atoms. The lowest BCUT2D eigenvalue weighted by Gasteiger charge is -2.30. The molecule has 0 N–H and O–H groups in total. The quantitative estimate of drug-likeness (QED) is 0.149. The minimum Gasteiger partial charge on any atom is -0.0654 e. The maximum absolute atomic E-state index is 2.55. The van der Waals surface area contributed by atoms with Crippen LogP contribution in [0.15, 0.2) is 36.4 Å². The van der Waals surface area contributed by atoms with Gasteiger partial charge >= 0.3 is 0 Å². The zero-order valence-electron chi connectivity index (χ0n) is 16.8. The first-order valence-electron chi connectivity index (χ1n) is 10.7. The molecule has 0 radical (unpaired) electrons. The Hall–Kier alpha value is 0.117. The van der Waals surface area contributed by atoms with Gasteiger partial charge in [-0.25, -0.2) is 0 Å². The fraction of sp³-hybridized carbons (Fsp3) is 0.500. The summed E-state index contributed by atoms with van der Waals surface area (Å²) in [7, 11) is -1.65. The lowest BCUT2D eigenvalue weighted by molar-refractivity contribution is 0.684. The van der Waals surface area contributed by atoms with E-state index in [0.717, 1.165) is 0 Å². The second-order valence-electron chi connectivity index (χ2n) is 8.08. The fourth-order valence-corrected chi connectivity index (χ4v) is 12.0. The molecule has 0 saturated heterocycles. The van der Waals surface area contributed by atoms with Crippen LogP contribution in [0.2, 0.25) is 12.1 Å². The van der Waals surface area contributed by atoms with Gasteiger partial charge in [0.2, 0.25) is 0 Å². The average molecular weight is 602 g/mol. The maximum Gasteiger partial charge on any atom is 0.119 e. The SMILES string of the molecule is CCCCCC[Si]1(CCCCCC)c2cc(I)ccc2-c2ccc(I)cc21. The van der Waals surface area contributed by atoms with Gasteiger partial charge in [0.1, 0.15) is 8.07 Å². The third-order valence-corrected chi connectivity index (χ3v) is 12.8. The van der Waals surface area contributed by atoms with Crippen LogP contribution in [-0.2, 0) is 0 Å². The first-order chi connectivity index (χ1) is 13.1. The Balaban J connectivity index is 2.03. The number of benzene rings is 2. The Bertz CT molecular complexity index is 703. The molecule has 1 heterocycles. The summed E-state index contributed by atoms with van der Waals surface area (Å²) >= 11 is 5.04. The van der Waals surface area contributed by atoms with Gasteiger partial charge in [-0.2, -0.15) is 0 Å². The molecule has 27 heavy (non-hydrogen) atoms. The van der Waals surface area contributed by atoms with Crippen LogP contribution >= 0.6 is 45.2 Å². The summed E-state index contributed by atoms with van der Waals surface area (Å²) in [6, 6.07) is 17.4. The predicted octanol–water partition coefficient (Wildman–Crippen LogP) is 7.60. The van der Waals surface area contributed by atoms with Gasteiger partial charge in [0, 0.05) is 7.14 Å². The lowest BCUT2D eigenvalue weighted by Crippen LogP contribution is -2.55. The lowest BCUT2D eigenvalue weighted by atomic mass is 10.1. The topological polar surface area (TPSA) is 0 Å². The minimum atomic E-state index is -1.65. The highest BCUT2D eigenvalue weighted by Crippen LogP contribution is 2.36. The Morgan fingerprint density at radius 1 is 0.630 bits per heavy atom. The summed E-state index contributed by atoms with van der Waals surface area (Å²) in [6.07, 6.45) is 11.0. The zero-order valence-corrected chi connectivity index (χ0v) is 22.1. The van der Waals surface area contributed by atoms with Crippen molar-refractivity contribution in [3.05, 3.63) is 43.5 Å².